The molecule has 3 rings (SSSR count). The highest BCUT2D eigenvalue weighted by molar-refractivity contribution is 7.17. The number of hydrogen-bond acceptors (Lipinski definition) is 3. The van der Waals surface area contributed by atoms with Gasteiger partial charge in [0.25, 0.3) is 5.91 Å². The molecule has 1 heterocycles. The predicted molar refractivity (Wildman–Crippen MR) is 108 cm³/mol. The molecule has 0 saturated carbocycles. The van der Waals surface area contributed by atoms with Crippen LogP contribution in [-0.2, 0) is 17.6 Å². The molecule has 1 aromatic carbocycles. The van der Waals surface area contributed by atoms with E-state index < -0.39 is 5.91 Å². The fourth-order valence-electron chi connectivity index (χ4n) is 3.06. The molecule has 1 unspecified atom stereocenters. The molecule has 3 N–H and O–H groups in total. The third-order valence-corrected chi connectivity index (χ3v) is 6.10. The lowest BCUT2D eigenvalue weighted by atomic mass is 9.88. The largest absolute Gasteiger partial charge is 0.365 e. The zero-order valence-corrected chi connectivity index (χ0v) is 16.5. The van der Waals surface area contributed by atoms with Gasteiger partial charge in [-0.25, -0.2) is 0 Å². The van der Waals surface area contributed by atoms with Crippen molar-refractivity contribution in [2.24, 2.45) is 11.7 Å². The second-order valence-corrected chi connectivity index (χ2v) is 8.36. The van der Waals surface area contributed by atoms with E-state index in [1.54, 1.807) is 24.3 Å². The van der Waals surface area contributed by atoms with Gasteiger partial charge >= 0.3 is 0 Å². The van der Waals surface area contributed by atoms with Crippen LogP contribution in [0.1, 0.15) is 39.7 Å². The van der Waals surface area contributed by atoms with E-state index in [0.29, 0.717) is 32.1 Å². The molecule has 1 atom stereocenters. The summed E-state index contributed by atoms with van der Waals surface area (Å²) in [6, 6.07) is 5.04. The van der Waals surface area contributed by atoms with Crippen molar-refractivity contribution in [1.82, 2.24) is 0 Å². The number of nitrogens with one attached hydrogen (secondary N) is 1. The molecule has 4 nitrogen and oxygen atoms in total. The topological polar surface area (TPSA) is 72.2 Å². The Morgan fingerprint density at radius 1 is 1.35 bits per heavy atom. The number of carbonyl (C=O) groups is 2. The Labute approximate surface area is 166 Å². The Hall–Kier alpha value is -1.82. The Morgan fingerprint density at radius 2 is 2.12 bits per heavy atom. The molecule has 0 aliphatic heterocycles. The number of rotatable bonds is 4. The van der Waals surface area contributed by atoms with E-state index in [0.717, 1.165) is 29.7 Å². The van der Waals surface area contributed by atoms with Crippen molar-refractivity contribution in [3.63, 3.8) is 0 Å². The second-order valence-electron chi connectivity index (χ2n) is 6.41. The molecule has 0 spiro atoms. The Kier molecular flexibility index (Phi) is 5.70. The minimum Gasteiger partial charge on any atom is -0.365 e. The number of amides is 2. The lowest BCUT2D eigenvalue weighted by Gasteiger charge is -2.18. The third-order valence-electron chi connectivity index (χ3n) is 4.37. The first-order valence-corrected chi connectivity index (χ1v) is 9.81. The van der Waals surface area contributed by atoms with Crippen molar-refractivity contribution >= 4 is 57.4 Å². The van der Waals surface area contributed by atoms with Gasteiger partial charge in [0.1, 0.15) is 5.00 Å². The minimum atomic E-state index is -0.503. The minimum absolute atomic E-state index is 0.342. The van der Waals surface area contributed by atoms with Crippen LogP contribution < -0.4 is 11.1 Å². The lowest BCUT2D eigenvalue weighted by molar-refractivity contribution is -0.111. The van der Waals surface area contributed by atoms with E-state index >= 15 is 0 Å². The van der Waals surface area contributed by atoms with E-state index in [1.807, 2.05) is 0 Å². The highest BCUT2D eigenvalue weighted by Gasteiger charge is 2.26. The average molecular weight is 409 g/mol. The van der Waals surface area contributed by atoms with Crippen molar-refractivity contribution in [3.05, 3.63) is 55.9 Å². The third kappa shape index (κ3) is 4.11. The first-order valence-electron chi connectivity index (χ1n) is 8.23. The number of thiophene rings is 1. The molecule has 2 amide bonds. The Bertz CT molecular complexity index is 905. The van der Waals surface area contributed by atoms with Gasteiger partial charge in [0.15, 0.2) is 0 Å². The number of hydrogen-bond donors (Lipinski definition) is 2. The summed E-state index contributed by atoms with van der Waals surface area (Å²) in [5.41, 5.74) is 7.68. The van der Waals surface area contributed by atoms with E-state index in [9.17, 15) is 9.59 Å². The first-order chi connectivity index (χ1) is 12.3. The maximum absolute atomic E-state index is 12.3. The molecule has 1 aliphatic rings. The molecule has 2 aromatic rings. The molecule has 7 heteroatoms. The SMILES string of the molecule is CC1CCc2c(sc(NC(=O)C=Cc3ccc(Cl)cc3Cl)c2C(N)=O)C1. The molecule has 1 aromatic heterocycles. The van der Waals surface area contributed by atoms with Gasteiger partial charge in [-0.3, -0.25) is 9.59 Å². The van der Waals surface area contributed by atoms with Crippen LogP contribution in [0.5, 0.6) is 0 Å². The molecule has 0 bridgehead atoms. The molecular formula is C19H18Cl2N2O2S. The molecule has 0 radical (unpaired) electrons. The highest BCUT2D eigenvalue weighted by atomic mass is 35.5. The predicted octanol–water partition coefficient (Wildman–Crippen LogP) is 4.93. The van der Waals surface area contributed by atoms with Gasteiger partial charge in [-0.1, -0.05) is 36.2 Å². The monoisotopic (exact) mass is 408 g/mol. The summed E-state index contributed by atoms with van der Waals surface area (Å²) in [5.74, 6) is -0.278. The van der Waals surface area contributed by atoms with Crippen LogP contribution in [0.2, 0.25) is 10.0 Å². The molecule has 136 valence electrons. The maximum Gasteiger partial charge on any atom is 0.251 e. The van der Waals surface area contributed by atoms with E-state index in [-0.39, 0.29) is 5.91 Å². The summed E-state index contributed by atoms with van der Waals surface area (Å²) in [4.78, 5) is 25.3. The van der Waals surface area contributed by atoms with Crippen molar-refractivity contribution in [3.8, 4) is 0 Å². The van der Waals surface area contributed by atoms with Crippen molar-refractivity contribution < 1.29 is 9.59 Å². The fraction of sp³-hybridized carbons (Fsp3) is 0.263. The van der Waals surface area contributed by atoms with Crippen LogP contribution in [0, 0.1) is 5.92 Å². The summed E-state index contributed by atoms with van der Waals surface area (Å²) < 4.78 is 0. The normalized spacial score (nSPS) is 16.5. The highest BCUT2D eigenvalue weighted by Crippen LogP contribution is 2.39. The summed E-state index contributed by atoms with van der Waals surface area (Å²) >= 11 is 13.4. The van der Waals surface area contributed by atoms with Crippen LogP contribution in [0.4, 0.5) is 5.00 Å². The standard InChI is InChI=1S/C19H18Cl2N2O2S/c1-10-2-6-13-15(8-10)26-19(17(13)18(22)25)23-16(24)7-4-11-3-5-12(20)9-14(11)21/h3-5,7,9-10H,2,6,8H2,1H3,(H2,22,25)(H,23,24). The van der Waals surface area contributed by atoms with Crippen molar-refractivity contribution in [1.29, 1.82) is 0 Å². The number of carbonyl (C=O) groups excluding carboxylic acids is 2. The number of primary amides is 1. The zero-order valence-electron chi connectivity index (χ0n) is 14.1. The van der Waals surface area contributed by atoms with Gasteiger partial charge in [0.05, 0.1) is 5.56 Å². The first kappa shape index (κ1) is 19.0. The van der Waals surface area contributed by atoms with Crippen LogP contribution in [0.25, 0.3) is 6.08 Å². The summed E-state index contributed by atoms with van der Waals surface area (Å²) in [6.07, 6.45) is 5.73. The Morgan fingerprint density at radius 3 is 2.81 bits per heavy atom. The average Bonchev–Trinajstić information content (AvgIpc) is 2.90. The number of nitrogens with two attached hydrogens (primary N) is 1. The van der Waals surface area contributed by atoms with E-state index in [4.69, 9.17) is 28.9 Å². The van der Waals surface area contributed by atoms with Crippen molar-refractivity contribution in [2.75, 3.05) is 5.32 Å². The Balaban J connectivity index is 1.81. The van der Waals surface area contributed by atoms with Crippen LogP contribution in [-0.4, -0.2) is 11.8 Å². The van der Waals surface area contributed by atoms with Gasteiger partial charge in [0.2, 0.25) is 5.91 Å². The molecule has 0 saturated heterocycles. The second kappa shape index (κ2) is 7.82. The quantitative estimate of drug-likeness (QED) is 0.703. The number of benzene rings is 1. The number of anilines is 1. The number of halogens is 2. The fourth-order valence-corrected chi connectivity index (χ4v) is 4.95. The van der Waals surface area contributed by atoms with Gasteiger partial charge < -0.3 is 11.1 Å². The van der Waals surface area contributed by atoms with Gasteiger partial charge in [0, 0.05) is 21.0 Å². The molecule has 0 fully saturated rings. The van der Waals surface area contributed by atoms with E-state index in [1.165, 1.54) is 17.4 Å². The number of fused-ring (bicyclic) bond motifs is 1. The summed E-state index contributed by atoms with van der Waals surface area (Å²) in [7, 11) is 0. The van der Waals surface area contributed by atoms with Gasteiger partial charge in [-0.15, -0.1) is 11.3 Å². The van der Waals surface area contributed by atoms with Crippen LogP contribution >= 0.6 is 34.5 Å². The summed E-state index contributed by atoms with van der Waals surface area (Å²) in [5, 5.41) is 4.30. The van der Waals surface area contributed by atoms with Crippen LogP contribution in [0.15, 0.2) is 24.3 Å². The van der Waals surface area contributed by atoms with E-state index in [2.05, 4.69) is 12.2 Å². The molecule has 26 heavy (non-hydrogen) atoms. The molecular weight excluding hydrogens is 391 g/mol. The van der Waals surface area contributed by atoms with Crippen molar-refractivity contribution in [2.45, 2.75) is 26.2 Å². The van der Waals surface area contributed by atoms with Crippen LogP contribution in [0.3, 0.4) is 0 Å². The summed E-state index contributed by atoms with van der Waals surface area (Å²) in [6.45, 7) is 2.18. The van der Waals surface area contributed by atoms with Gasteiger partial charge in [-0.05, 0) is 54.5 Å². The zero-order chi connectivity index (χ0) is 18.8. The smallest absolute Gasteiger partial charge is 0.251 e. The molecule has 1 aliphatic carbocycles. The van der Waals surface area contributed by atoms with Gasteiger partial charge in [-0.2, -0.15) is 0 Å². The lowest BCUT2D eigenvalue weighted by Crippen LogP contribution is -2.18. The maximum atomic E-state index is 12.3.